The molecule has 0 saturated carbocycles. The van der Waals surface area contributed by atoms with Crippen LogP contribution in [0.5, 0.6) is 17.2 Å². The number of hydrogen-bond acceptors (Lipinski definition) is 5. The molecule has 0 radical (unpaired) electrons. The molecule has 0 fully saturated rings. The summed E-state index contributed by atoms with van der Waals surface area (Å²) in [6.45, 7) is 8.21. The van der Waals surface area contributed by atoms with Crippen LogP contribution in [0.2, 0.25) is 0 Å². The zero-order valence-corrected chi connectivity index (χ0v) is 18.0. The minimum Gasteiger partial charge on any atom is -0.493 e. The molecule has 0 unspecified atom stereocenters. The summed E-state index contributed by atoms with van der Waals surface area (Å²) < 4.78 is 16.1. The normalized spacial score (nSPS) is 11.7. The molecule has 29 heavy (non-hydrogen) atoms. The van der Waals surface area contributed by atoms with E-state index in [-0.39, 0.29) is 17.9 Å². The number of hydrazone groups is 1. The first-order valence-electron chi connectivity index (χ1n) is 9.49. The van der Waals surface area contributed by atoms with Crippen LogP contribution in [0.25, 0.3) is 0 Å². The van der Waals surface area contributed by atoms with Crippen molar-refractivity contribution in [3.8, 4) is 17.2 Å². The van der Waals surface area contributed by atoms with E-state index in [1.807, 2.05) is 49.4 Å². The van der Waals surface area contributed by atoms with Crippen LogP contribution in [0.3, 0.4) is 0 Å². The number of methoxy groups -OCH3 is 2. The highest BCUT2D eigenvalue weighted by molar-refractivity contribution is 5.86. The molecule has 1 amide bonds. The van der Waals surface area contributed by atoms with Gasteiger partial charge in [0.15, 0.2) is 18.1 Å². The van der Waals surface area contributed by atoms with E-state index in [2.05, 4.69) is 31.3 Å². The molecule has 0 aliphatic rings. The third-order valence-electron chi connectivity index (χ3n) is 4.37. The van der Waals surface area contributed by atoms with E-state index >= 15 is 0 Å². The number of hydrogen-bond donors (Lipinski definition) is 1. The first kappa shape index (κ1) is 22.3. The second-order valence-electron chi connectivity index (χ2n) is 7.81. The minimum absolute atomic E-state index is 0.0794. The number of nitrogens with zero attached hydrogens (tertiary/aromatic N) is 1. The van der Waals surface area contributed by atoms with Gasteiger partial charge in [0.2, 0.25) is 0 Å². The standard InChI is InChI=1S/C23H30N2O4/c1-16(13-17-7-12-20(27-5)21(14-17)28-6)24-25-22(26)15-29-19-10-8-18(9-11-19)23(2,3)4/h7-12,14H,13,15H2,1-6H3,(H,25,26). The molecule has 156 valence electrons. The number of ether oxygens (including phenoxy) is 3. The van der Waals surface area contributed by atoms with Crippen molar-refractivity contribution in [1.82, 2.24) is 5.43 Å². The maximum absolute atomic E-state index is 12.0. The maximum Gasteiger partial charge on any atom is 0.277 e. The monoisotopic (exact) mass is 398 g/mol. The van der Waals surface area contributed by atoms with Crippen LogP contribution in [-0.2, 0) is 16.6 Å². The quantitative estimate of drug-likeness (QED) is 0.537. The molecule has 0 bridgehead atoms. The van der Waals surface area contributed by atoms with Crippen molar-refractivity contribution in [3.63, 3.8) is 0 Å². The summed E-state index contributed by atoms with van der Waals surface area (Å²) in [6, 6.07) is 13.5. The van der Waals surface area contributed by atoms with Gasteiger partial charge in [-0.15, -0.1) is 0 Å². The highest BCUT2D eigenvalue weighted by Gasteiger charge is 2.13. The molecule has 2 aromatic carbocycles. The van der Waals surface area contributed by atoms with Gasteiger partial charge in [0.05, 0.1) is 14.2 Å². The van der Waals surface area contributed by atoms with Crippen LogP contribution in [0.4, 0.5) is 0 Å². The van der Waals surface area contributed by atoms with Crippen molar-refractivity contribution < 1.29 is 19.0 Å². The van der Waals surface area contributed by atoms with Crippen LogP contribution in [0.15, 0.2) is 47.6 Å². The van der Waals surface area contributed by atoms with E-state index in [1.165, 1.54) is 5.56 Å². The van der Waals surface area contributed by atoms with E-state index in [1.54, 1.807) is 14.2 Å². The summed E-state index contributed by atoms with van der Waals surface area (Å²) in [5.41, 5.74) is 5.59. The van der Waals surface area contributed by atoms with Gasteiger partial charge >= 0.3 is 0 Å². The molecule has 0 saturated heterocycles. The van der Waals surface area contributed by atoms with Gasteiger partial charge in [-0.3, -0.25) is 4.79 Å². The van der Waals surface area contributed by atoms with Crippen LogP contribution < -0.4 is 19.6 Å². The lowest BCUT2D eigenvalue weighted by Gasteiger charge is -2.19. The van der Waals surface area contributed by atoms with Gasteiger partial charge in [0.1, 0.15) is 5.75 Å². The van der Waals surface area contributed by atoms with Crippen molar-refractivity contribution in [1.29, 1.82) is 0 Å². The average molecular weight is 399 g/mol. The highest BCUT2D eigenvalue weighted by Crippen LogP contribution is 2.27. The molecule has 6 nitrogen and oxygen atoms in total. The molecule has 0 atom stereocenters. The Morgan fingerprint density at radius 1 is 1.00 bits per heavy atom. The van der Waals surface area contributed by atoms with Gasteiger partial charge in [-0.2, -0.15) is 5.10 Å². The second kappa shape index (κ2) is 9.96. The lowest BCUT2D eigenvalue weighted by molar-refractivity contribution is -0.123. The Balaban J connectivity index is 1.85. The van der Waals surface area contributed by atoms with Crippen molar-refractivity contribution in [2.75, 3.05) is 20.8 Å². The molecule has 6 heteroatoms. The van der Waals surface area contributed by atoms with Crippen molar-refractivity contribution in [2.45, 2.75) is 39.5 Å². The summed E-state index contributed by atoms with van der Waals surface area (Å²) >= 11 is 0. The number of nitrogens with one attached hydrogen (secondary N) is 1. The summed E-state index contributed by atoms with van der Waals surface area (Å²) in [6.07, 6.45) is 0.579. The largest absolute Gasteiger partial charge is 0.493 e. The Morgan fingerprint density at radius 2 is 1.66 bits per heavy atom. The SMILES string of the molecule is COc1ccc(CC(C)=NNC(=O)COc2ccc(C(C)(C)C)cc2)cc1OC. The predicted molar refractivity (Wildman–Crippen MR) is 115 cm³/mol. The van der Waals surface area contributed by atoms with Crippen LogP contribution in [0.1, 0.15) is 38.8 Å². The molecule has 0 aliphatic carbocycles. The van der Waals surface area contributed by atoms with Gasteiger partial charge in [-0.25, -0.2) is 5.43 Å². The summed E-state index contributed by atoms with van der Waals surface area (Å²) in [5.74, 6) is 1.68. The molecule has 0 heterocycles. The van der Waals surface area contributed by atoms with Gasteiger partial charge in [-0.05, 0) is 47.7 Å². The lowest BCUT2D eigenvalue weighted by Crippen LogP contribution is -2.25. The molecule has 2 aromatic rings. The molecular weight excluding hydrogens is 368 g/mol. The molecule has 2 rings (SSSR count). The predicted octanol–water partition coefficient (Wildman–Crippen LogP) is 4.11. The number of rotatable bonds is 8. The Labute approximate surface area is 172 Å². The van der Waals surface area contributed by atoms with Gasteiger partial charge in [-0.1, -0.05) is 39.0 Å². The first-order valence-corrected chi connectivity index (χ1v) is 9.49. The maximum atomic E-state index is 12.0. The van der Waals surface area contributed by atoms with Crippen LogP contribution in [0, 0.1) is 0 Å². The zero-order valence-electron chi connectivity index (χ0n) is 18.0. The van der Waals surface area contributed by atoms with Gasteiger partial charge < -0.3 is 14.2 Å². The van der Waals surface area contributed by atoms with Crippen molar-refractivity contribution in [2.24, 2.45) is 5.10 Å². The summed E-state index contributed by atoms with van der Waals surface area (Å²) in [7, 11) is 3.19. The Bertz CT molecular complexity index is 852. The van der Waals surface area contributed by atoms with Gasteiger partial charge in [0, 0.05) is 12.1 Å². The number of carbonyl (C=O) groups is 1. The molecule has 1 N–H and O–H groups in total. The molecule has 0 aliphatic heterocycles. The van der Waals surface area contributed by atoms with E-state index in [0.717, 1.165) is 11.3 Å². The third-order valence-corrected chi connectivity index (χ3v) is 4.37. The van der Waals surface area contributed by atoms with Crippen molar-refractivity contribution in [3.05, 3.63) is 53.6 Å². The number of benzene rings is 2. The third kappa shape index (κ3) is 6.82. The smallest absolute Gasteiger partial charge is 0.277 e. The van der Waals surface area contributed by atoms with E-state index in [9.17, 15) is 4.79 Å². The van der Waals surface area contributed by atoms with Crippen molar-refractivity contribution >= 4 is 11.6 Å². The molecular formula is C23H30N2O4. The lowest BCUT2D eigenvalue weighted by atomic mass is 9.87. The fourth-order valence-corrected chi connectivity index (χ4v) is 2.72. The topological polar surface area (TPSA) is 69.2 Å². The Kier molecular flexibility index (Phi) is 7.65. The molecule has 0 spiro atoms. The fourth-order valence-electron chi connectivity index (χ4n) is 2.72. The van der Waals surface area contributed by atoms with E-state index < -0.39 is 0 Å². The second-order valence-corrected chi connectivity index (χ2v) is 7.81. The highest BCUT2D eigenvalue weighted by atomic mass is 16.5. The minimum atomic E-state index is -0.309. The Morgan fingerprint density at radius 3 is 2.24 bits per heavy atom. The van der Waals surface area contributed by atoms with Crippen LogP contribution >= 0.6 is 0 Å². The van der Waals surface area contributed by atoms with Gasteiger partial charge in [0.25, 0.3) is 5.91 Å². The van der Waals surface area contributed by atoms with E-state index in [0.29, 0.717) is 23.7 Å². The molecule has 0 aromatic heterocycles. The number of carbonyl (C=O) groups excluding carboxylic acids is 1. The zero-order chi connectivity index (χ0) is 21.4. The summed E-state index contributed by atoms with van der Waals surface area (Å²) in [5, 5.41) is 4.14. The van der Waals surface area contributed by atoms with Crippen LogP contribution in [-0.4, -0.2) is 32.4 Å². The Hall–Kier alpha value is -3.02. The first-order chi connectivity index (χ1) is 13.7. The average Bonchev–Trinajstić information content (AvgIpc) is 2.70. The summed E-state index contributed by atoms with van der Waals surface area (Å²) in [4.78, 5) is 12.0. The van der Waals surface area contributed by atoms with E-state index in [4.69, 9.17) is 14.2 Å². The fraction of sp³-hybridized carbons (Fsp3) is 0.391. The number of amides is 1.